The highest BCUT2D eigenvalue weighted by Crippen LogP contribution is 2.52. The van der Waals surface area contributed by atoms with Crippen molar-refractivity contribution in [1.82, 2.24) is 9.13 Å². The summed E-state index contributed by atoms with van der Waals surface area (Å²) in [6, 6.07) is 94.2. The fourth-order valence-electron chi connectivity index (χ4n) is 14.4. The van der Waals surface area contributed by atoms with Crippen LogP contribution in [0, 0.1) is 0 Å². The number of anilines is 3. The first-order valence-corrected chi connectivity index (χ1v) is 30.4. The number of ether oxygens (including phenoxy) is 1. The van der Waals surface area contributed by atoms with Crippen LogP contribution in [0.1, 0.15) is 51.7 Å². The van der Waals surface area contributed by atoms with Crippen LogP contribution < -0.4 is 26.0 Å². The molecular weight excluding hydrogens is 1050 g/mol. The summed E-state index contributed by atoms with van der Waals surface area (Å²) in [5.41, 5.74) is 24.9. The van der Waals surface area contributed by atoms with Crippen LogP contribution in [0.5, 0.6) is 11.5 Å². The standard InChI is InChI=1S/C80H60BN3O2/c1-5-6-22-55-45-74-77(61-31-18-21-34-72(61)85-74)76(52-27-14-9-15-28-52)79(55)84-70-48-57(82-66-32-19-16-29-59(66)62-43-53(35-41-68(62)82)50-23-10-7-11-24-50)37-39-64(70)81-65-40-38-58(49-73(65)86-75-47-56(80(2,3)4)46-71(84)78(75)81)83-67-33-20-17-30-60(67)63-44-54(36-42-69(63)83)51-25-12-8-13-26-51/h7-21,23-49H,5-6,22H2,1-4H3. The number of nitrogens with zero attached hydrogens (tertiary/aromatic N) is 3. The highest BCUT2D eigenvalue weighted by Gasteiger charge is 2.44. The average Bonchev–Trinajstić information content (AvgIpc) is 0.876. The van der Waals surface area contributed by atoms with Crippen LogP contribution >= 0.6 is 0 Å². The molecule has 0 amide bonds. The molecule has 0 fully saturated rings. The van der Waals surface area contributed by atoms with Gasteiger partial charge in [-0.05, 0) is 152 Å². The first-order valence-electron chi connectivity index (χ1n) is 30.4. The van der Waals surface area contributed by atoms with Crippen molar-refractivity contribution >= 4 is 106 Å². The lowest BCUT2D eigenvalue weighted by atomic mass is 9.34. The summed E-state index contributed by atoms with van der Waals surface area (Å²) in [6.07, 6.45) is 2.93. The van der Waals surface area contributed by atoms with E-state index >= 15 is 0 Å². The Morgan fingerprint density at radius 2 is 0.965 bits per heavy atom. The Hall–Kier alpha value is -10.3. The van der Waals surface area contributed by atoms with Crippen LogP contribution in [0.3, 0.4) is 0 Å². The summed E-state index contributed by atoms with van der Waals surface area (Å²) < 4.78 is 19.4. The number of unbranched alkanes of at least 4 members (excludes halogenated alkanes) is 1. The van der Waals surface area contributed by atoms with Gasteiger partial charge in [0, 0.05) is 66.7 Å². The van der Waals surface area contributed by atoms with Crippen molar-refractivity contribution in [1.29, 1.82) is 0 Å². The lowest BCUT2D eigenvalue weighted by Gasteiger charge is -2.42. The van der Waals surface area contributed by atoms with Gasteiger partial charge in [0.05, 0.1) is 27.8 Å². The van der Waals surface area contributed by atoms with Crippen molar-refractivity contribution in [2.75, 3.05) is 4.90 Å². The number of furan rings is 1. The van der Waals surface area contributed by atoms with Crippen molar-refractivity contribution in [3.8, 4) is 56.3 Å². The van der Waals surface area contributed by atoms with Gasteiger partial charge in [-0.25, -0.2) is 0 Å². The Bertz CT molecular complexity index is 5240. The number of hydrogen-bond acceptors (Lipinski definition) is 3. The second-order valence-electron chi connectivity index (χ2n) is 24.6. The summed E-state index contributed by atoms with van der Waals surface area (Å²) in [5.74, 6) is 1.75. The number of rotatable bonds is 9. The fraction of sp³-hybridized carbons (Fsp3) is 0.100. The van der Waals surface area contributed by atoms with Gasteiger partial charge in [-0.15, -0.1) is 0 Å². The second kappa shape index (κ2) is 19.4. The Kier molecular flexibility index (Phi) is 11.3. The summed E-state index contributed by atoms with van der Waals surface area (Å²) in [6.45, 7) is 9.12. The largest absolute Gasteiger partial charge is 0.458 e. The zero-order valence-corrected chi connectivity index (χ0v) is 48.6. The third-order valence-corrected chi connectivity index (χ3v) is 18.5. The Morgan fingerprint density at radius 1 is 0.419 bits per heavy atom. The predicted molar refractivity (Wildman–Crippen MR) is 362 cm³/mol. The van der Waals surface area contributed by atoms with E-state index in [-0.39, 0.29) is 12.1 Å². The van der Waals surface area contributed by atoms with Gasteiger partial charge in [0.2, 0.25) is 0 Å². The summed E-state index contributed by atoms with van der Waals surface area (Å²) in [4.78, 5) is 2.66. The van der Waals surface area contributed by atoms with Crippen LogP contribution in [0.15, 0.2) is 259 Å². The quantitative estimate of drug-likeness (QED) is 0.135. The molecule has 5 heterocycles. The van der Waals surface area contributed by atoms with Gasteiger partial charge in [-0.1, -0.05) is 204 Å². The van der Waals surface area contributed by atoms with Crippen LogP contribution in [-0.2, 0) is 11.8 Å². The SMILES string of the molecule is CCCCc1cc2oc3ccccc3c2c(-c2ccccc2)c1N1c2cc(-n3c4ccccc4c4cc(-c5ccccc5)ccc43)ccc2B2c3ccc(-n4c5ccccc5c5cc(-c6ccccc6)ccc54)cc3Oc3cc(C(C)(C)C)cc1c32. The lowest BCUT2D eigenvalue weighted by Crippen LogP contribution is -2.59. The number of aryl methyl sites for hydroxylation is 1. The molecule has 12 aromatic carbocycles. The van der Waals surface area contributed by atoms with Gasteiger partial charge in [-0.2, -0.15) is 0 Å². The van der Waals surface area contributed by atoms with E-state index < -0.39 is 0 Å². The Morgan fingerprint density at radius 3 is 1.58 bits per heavy atom. The minimum atomic E-state index is -0.235. The zero-order chi connectivity index (χ0) is 57.4. The Labute approximate surface area is 500 Å². The smallest absolute Gasteiger partial charge is 0.256 e. The molecule has 86 heavy (non-hydrogen) atoms. The third kappa shape index (κ3) is 7.72. The molecule has 0 saturated heterocycles. The molecule has 0 atom stereocenters. The second-order valence-corrected chi connectivity index (χ2v) is 24.6. The predicted octanol–water partition coefficient (Wildman–Crippen LogP) is 19.8. The molecule has 0 saturated carbocycles. The van der Waals surface area contributed by atoms with E-state index in [1.165, 1.54) is 71.5 Å². The molecule has 17 rings (SSSR count). The van der Waals surface area contributed by atoms with Gasteiger partial charge >= 0.3 is 0 Å². The van der Waals surface area contributed by atoms with E-state index in [4.69, 9.17) is 9.15 Å². The molecule has 2 aliphatic heterocycles. The maximum atomic E-state index is 7.59. The fourth-order valence-corrected chi connectivity index (χ4v) is 14.4. The molecule has 3 aromatic heterocycles. The number of para-hydroxylation sites is 3. The van der Waals surface area contributed by atoms with Gasteiger partial charge in [-0.3, -0.25) is 0 Å². The third-order valence-electron chi connectivity index (χ3n) is 18.5. The number of hydrogen-bond donors (Lipinski definition) is 0. The molecule has 6 heteroatoms. The number of fused-ring (bicyclic) bond motifs is 13. The molecule has 0 unspecified atom stereocenters. The zero-order valence-electron chi connectivity index (χ0n) is 48.6. The van der Waals surface area contributed by atoms with Gasteiger partial charge in [0.1, 0.15) is 22.7 Å². The van der Waals surface area contributed by atoms with E-state index in [1.54, 1.807) is 0 Å². The molecule has 0 bridgehead atoms. The van der Waals surface area contributed by atoms with Crippen LogP contribution in [0.4, 0.5) is 17.1 Å². The topological polar surface area (TPSA) is 35.5 Å². The normalized spacial score (nSPS) is 12.8. The first-order chi connectivity index (χ1) is 42.3. The molecule has 15 aromatic rings. The van der Waals surface area contributed by atoms with Crippen LogP contribution in [0.25, 0.3) is 110 Å². The minimum absolute atomic E-state index is 0.164. The molecule has 410 valence electrons. The Balaban J connectivity index is 0.953. The number of benzene rings is 12. The number of aromatic nitrogens is 2. The monoisotopic (exact) mass is 1110 g/mol. The van der Waals surface area contributed by atoms with Gasteiger partial charge in [0.25, 0.3) is 6.71 Å². The first kappa shape index (κ1) is 50.2. The molecule has 0 radical (unpaired) electrons. The molecule has 2 aliphatic rings. The average molecular weight is 1110 g/mol. The van der Waals surface area contributed by atoms with Gasteiger partial charge in [0.15, 0.2) is 0 Å². The molecule has 0 spiro atoms. The highest BCUT2D eigenvalue weighted by molar-refractivity contribution is 6.99. The molecular formula is C80H60BN3O2. The van der Waals surface area contributed by atoms with E-state index in [2.05, 4.69) is 297 Å². The van der Waals surface area contributed by atoms with Gasteiger partial charge < -0.3 is 23.2 Å². The molecule has 0 N–H and O–H groups in total. The van der Waals surface area contributed by atoms with Crippen molar-refractivity contribution in [3.05, 3.63) is 266 Å². The summed E-state index contributed by atoms with van der Waals surface area (Å²) in [5, 5.41) is 7.11. The van der Waals surface area contributed by atoms with Crippen molar-refractivity contribution < 1.29 is 9.15 Å². The lowest BCUT2D eigenvalue weighted by molar-refractivity contribution is 0.483. The van der Waals surface area contributed by atoms with E-state index in [0.29, 0.717) is 0 Å². The maximum absolute atomic E-state index is 7.59. The summed E-state index contributed by atoms with van der Waals surface area (Å²) >= 11 is 0. The molecule has 5 nitrogen and oxygen atoms in total. The minimum Gasteiger partial charge on any atom is -0.458 e. The van der Waals surface area contributed by atoms with E-state index in [9.17, 15) is 0 Å². The van der Waals surface area contributed by atoms with E-state index in [0.717, 1.165) is 114 Å². The summed E-state index contributed by atoms with van der Waals surface area (Å²) in [7, 11) is 0. The maximum Gasteiger partial charge on any atom is 0.256 e. The van der Waals surface area contributed by atoms with Crippen molar-refractivity contribution in [2.45, 2.75) is 52.4 Å². The van der Waals surface area contributed by atoms with Crippen LogP contribution in [-0.4, -0.2) is 15.8 Å². The van der Waals surface area contributed by atoms with E-state index in [1.807, 2.05) is 0 Å². The highest BCUT2D eigenvalue weighted by atomic mass is 16.5. The van der Waals surface area contributed by atoms with Crippen LogP contribution in [0.2, 0.25) is 0 Å². The van der Waals surface area contributed by atoms with Crippen molar-refractivity contribution in [3.63, 3.8) is 0 Å². The molecule has 0 aliphatic carbocycles. The van der Waals surface area contributed by atoms with Crippen molar-refractivity contribution in [2.24, 2.45) is 0 Å².